The molecule has 0 aromatic heterocycles. The van der Waals surface area contributed by atoms with Crippen LogP contribution in [-0.4, -0.2) is 49.7 Å². The number of hydrogen-bond acceptors (Lipinski definition) is 3. The monoisotopic (exact) mass is 269 g/mol. The van der Waals surface area contributed by atoms with Crippen LogP contribution in [0.15, 0.2) is 0 Å². The van der Waals surface area contributed by atoms with Gasteiger partial charge in [-0.25, -0.2) is 0 Å². The second-order valence-corrected chi connectivity index (χ2v) is 4.57. The predicted octanol–water partition coefficient (Wildman–Crippen LogP) is 1.11. The van der Waals surface area contributed by atoms with Crippen LogP contribution in [0.5, 0.6) is 0 Å². The number of nitrogens with one attached hydrogen (secondary N) is 1. The number of alkyl halides is 3. The van der Waals surface area contributed by atoms with Crippen LogP contribution in [0, 0.1) is 0 Å². The van der Waals surface area contributed by atoms with E-state index in [1.54, 1.807) is 0 Å². The summed E-state index contributed by atoms with van der Waals surface area (Å²) in [6.45, 7) is 1.58. The van der Waals surface area contributed by atoms with Gasteiger partial charge in [0.25, 0.3) is 0 Å². The van der Waals surface area contributed by atoms with Gasteiger partial charge in [0.1, 0.15) is 0 Å². The van der Waals surface area contributed by atoms with Crippen LogP contribution in [0.2, 0.25) is 0 Å². The van der Waals surface area contributed by atoms with E-state index in [4.69, 9.17) is 5.73 Å². The minimum absolute atomic E-state index is 0.0198. The van der Waals surface area contributed by atoms with Crippen molar-refractivity contribution in [2.45, 2.75) is 38.4 Å². The maximum absolute atomic E-state index is 12.0. The van der Waals surface area contributed by atoms with E-state index in [0.717, 1.165) is 0 Å². The standard InChI is InChI=1S/C11H22F3N3O/c1-9(15)4-5-10(18)16-6-3-7-17(2)8-11(12,13)14/h9H,3-8,15H2,1-2H3,(H,16,18). The Kier molecular flexibility index (Phi) is 7.93. The summed E-state index contributed by atoms with van der Waals surface area (Å²) in [5, 5.41) is 2.65. The molecule has 0 aromatic rings. The molecule has 0 saturated heterocycles. The molecule has 0 radical (unpaired) electrons. The quantitative estimate of drug-likeness (QED) is 0.649. The van der Waals surface area contributed by atoms with Gasteiger partial charge in [0.2, 0.25) is 5.91 Å². The summed E-state index contributed by atoms with van der Waals surface area (Å²) in [6.07, 6.45) is -2.71. The van der Waals surface area contributed by atoms with Gasteiger partial charge in [0.05, 0.1) is 6.54 Å². The lowest BCUT2D eigenvalue weighted by Gasteiger charge is -2.18. The third kappa shape index (κ3) is 11.7. The van der Waals surface area contributed by atoms with E-state index < -0.39 is 12.7 Å². The summed E-state index contributed by atoms with van der Waals surface area (Å²) in [7, 11) is 1.41. The first kappa shape index (κ1) is 17.2. The summed E-state index contributed by atoms with van der Waals surface area (Å²) < 4.78 is 36.0. The van der Waals surface area contributed by atoms with Crippen molar-refractivity contribution >= 4 is 5.91 Å². The van der Waals surface area contributed by atoms with Crippen LogP contribution in [0.25, 0.3) is 0 Å². The molecule has 0 spiro atoms. The molecule has 0 saturated carbocycles. The molecule has 0 heterocycles. The maximum atomic E-state index is 12.0. The second kappa shape index (κ2) is 8.31. The minimum Gasteiger partial charge on any atom is -0.356 e. The lowest BCUT2D eigenvalue weighted by molar-refractivity contribution is -0.143. The lowest BCUT2D eigenvalue weighted by Crippen LogP contribution is -2.34. The molecule has 0 aliphatic rings. The number of carbonyl (C=O) groups excluding carboxylic acids is 1. The first-order valence-electron chi connectivity index (χ1n) is 5.98. The van der Waals surface area contributed by atoms with Gasteiger partial charge < -0.3 is 11.1 Å². The largest absolute Gasteiger partial charge is 0.401 e. The van der Waals surface area contributed by atoms with Gasteiger partial charge in [-0.2, -0.15) is 13.2 Å². The second-order valence-electron chi connectivity index (χ2n) is 4.57. The van der Waals surface area contributed by atoms with E-state index in [1.165, 1.54) is 11.9 Å². The van der Waals surface area contributed by atoms with E-state index in [0.29, 0.717) is 32.4 Å². The summed E-state index contributed by atoms with van der Waals surface area (Å²) in [5.74, 6) is -0.106. The van der Waals surface area contributed by atoms with Crippen LogP contribution in [-0.2, 0) is 4.79 Å². The van der Waals surface area contributed by atoms with Crippen LogP contribution < -0.4 is 11.1 Å². The third-order valence-corrected chi connectivity index (χ3v) is 2.31. The van der Waals surface area contributed by atoms with Gasteiger partial charge in [0, 0.05) is 19.0 Å². The summed E-state index contributed by atoms with van der Waals surface area (Å²) in [6, 6.07) is -0.0198. The van der Waals surface area contributed by atoms with E-state index >= 15 is 0 Å². The number of nitrogens with zero attached hydrogens (tertiary/aromatic N) is 1. The zero-order valence-electron chi connectivity index (χ0n) is 10.9. The van der Waals surface area contributed by atoms with Crippen molar-refractivity contribution in [3.05, 3.63) is 0 Å². The average molecular weight is 269 g/mol. The van der Waals surface area contributed by atoms with Crippen molar-refractivity contribution in [1.82, 2.24) is 10.2 Å². The molecule has 0 aliphatic heterocycles. The topological polar surface area (TPSA) is 58.4 Å². The van der Waals surface area contributed by atoms with Gasteiger partial charge in [-0.3, -0.25) is 9.69 Å². The number of amides is 1. The van der Waals surface area contributed by atoms with Gasteiger partial charge in [-0.1, -0.05) is 0 Å². The van der Waals surface area contributed by atoms with Crippen LogP contribution >= 0.6 is 0 Å². The Hall–Kier alpha value is -0.820. The van der Waals surface area contributed by atoms with Crippen LogP contribution in [0.4, 0.5) is 13.2 Å². The van der Waals surface area contributed by atoms with E-state index in [2.05, 4.69) is 5.32 Å². The molecule has 3 N–H and O–H groups in total. The molecule has 108 valence electrons. The van der Waals surface area contributed by atoms with E-state index in [1.807, 2.05) is 6.92 Å². The first-order valence-corrected chi connectivity index (χ1v) is 5.98. The Bertz CT molecular complexity index is 244. The van der Waals surface area contributed by atoms with Crippen LogP contribution in [0.3, 0.4) is 0 Å². The highest BCUT2D eigenvalue weighted by Gasteiger charge is 2.28. The highest BCUT2D eigenvalue weighted by atomic mass is 19.4. The number of rotatable bonds is 8. The fraction of sp³-hybridized carbons (Fsp3) is 0.909. The van der Waals surface area contributed by atoms with Crippen molar-refractivity contribution in [2.24, 2.45) is 5.73 Å². The SMILES string of the molecule is CC(N)CCC(=O)NCCCN(C)CC(F)(F)F. The molecule has 0 rings (SSSR count). The zero-order valence-corrected chi connectivity index (χ0v) is 10.9. The van der Waals surface area contributed by atoms with Crippen LogP contribution in [0.1, 0.15) is 26.2 Å². The summed E-state index contributed by atoms with van der Waals surface area (Å²) in [5.41, 5.74) is 5.50. The predicted molar refractivity (Wildman–Crippen MR) is 64.1 cm³/mol. The molecule has 1 unspecified atom stereocenters. The first-order chi connectivity index (χ1) is 8.20. The number of nitrogens with two attached hydrogens (primary N) is 1. The Labute approximate surface area is 106 Å². The molecular weight excluding hydrogens is 247 g/mol. The van der Waals surface area contributed by atoms with Gasteiger partial charge >= 0.3 is 6.18 Å². The molecule has 7 heteroatoms. The van der Waals surface area contributed by atoms with E-state index in [-0.39, 0.29) is 11.9 Å². The van der Waals surface area contributed by atoms with Crippen molar-refractivity contribution < 1.29 is 18.0 Å². The Balaban J connectivity index is 3.52. The zero-order chi connectivity index (χ0) is 14.2. The fourth-order valence-electron chi connectivity index (χ4n) is 1.41. The number of halogens is 3. The maximum Gasteiger partial charge on any atom is 0.401 e. The molecule has 0 bridgehead atoms. The van der Waals surface area contributed by atoms with Gasteiger partial charge in [-0.05, 0) is 33.4 Å². The molecule has 0 fully saturated rings. The lowest BCUT2D eigenvalue weighted by atomic mass is 10.2. The van der Waals surface area contributed by atoms with Gasteiger partial charge in [-0.15, -0.1) is 0 Å². The van der Waals surface area contributed by atoms with Crippen molar-refractivity contribution in [3.63, 3.8) is 0 Å². The Morgan fingerprint density at radius 1 is 1.44 bits per heavy atom. The highest BCUT2D eigenvalue weighted by molar-refractivity contribution is 5.75. The molecule has 18 heavy (non-hydrogen) atoms. The summed E-state index contributed by atoms with van der Waals surface area (Å²) in [4.78, 5) is 12.4. The Morgan fingerprint density at radius 2 is 2.06 bits per heavy atom. The average Bonchev–Trinajstić information content (AvgIpc) is 2.19. The normalized spacial score (nSPS) is 13.7. The molecule has 1 amide bonds. The number of hydrogen-bond donors (Lipinski definition) is 2. The smallest absolute Gasteiger partial charge is 0.356 e. The summed E-state index contributed by atoms with van der Waals surface area (Å²) >= 11 is 0. The van der Waals surface area contributed by atoms with Crippen molar-refractivity contribution in [3.8, 4) is 0 Å². The third-order valence-electron chi connectivity index (χ3n) is 2.31. The molecular formula is C11H22F3N3O. The number of carbonyl (C=O) groups is 1. The van der Waals surface area contributed by atoms with Crippen molar-refractivity contribution in [1.29, 1.82) is 0 Å². The van der Waals surface area contributed by atoms with Gasteiger partial charge in [0.15, 0.2) is 0 Å². The fourth-order valence-corrected chi connectivity index (χ4v) is 1.41. The molecule has 4 nitrogen and oxygen atoms in total. The molecule has 0 aliphatic carbocycles. The minimum atomic E-state index is -4.17. The Morgan fingerprint density at radius 3 is 2.56 bits per heavy atom. The highest BCUT2D eigenvalue weighted by Crippen LogP contribution is 2.15. The molecule has 0 aromatic carbocycles. The van der Waals surface area contributed by atoms with Crippen molar-refractivity contribution in [2.75, 3.05) is 26.7 Å². The van der Waals surface area contributed by atoms with E-state index in [9.17, 15) is 18.0 Å². The molecule has 1 atom stereocenters.